The van der Waals surface area contributed by atoms with Crippen LogP contribution in [0.2, 0.25) is 0 Å². The minimum Gasteiger partial charge on any atom is -0.230 e. The average Bonchev–Trinajstić information content (AvgIpc) is 2.82. The quantitative estimate of drug-likeness (QED) is 0.278. The van der Waals surface area contributed by atoms with Crippen LogP contribution in [0.3, 0.4) is 0 Å². The van der Waals surface area contributed by atoms with Gasteiger partial charge in [0.05, 0.1) is 10.3 Å². The maximum absolute atomic E-state index is 13.0. The first-order valence-corrected chi connectivity index (χ1v) is 11.0. The van der Waals surface area contributed by atoms with Crippen molar-refractivity contribution >= 4 is 17.2 Å². The molecular weight excluding hydrogens is 386 g/mol. The highest BCUT2D eigenvalue weighted by Crippen LogP contribution is 2.38. The van der Waals surface area contributed by atoms with Gasteiger partial charge in [0.1, 0.15) is 0 Å². The molecule has 0 N–H and O–H groups in total. The summed E-state index contributed by atoms with van der Waals surface area (Å²) >= 11 is 0. The van der Waals surface area contributed by atoms with Gasteiger partial charge in [-0.2, -0.15) is 4.40 Å². The Balaban J connectivity index is 1.91. The standard InChI is InChI=1S/C27H23NOS/c1-22-17-19-26(20-18-22)30(29)28-21-27(23-11-5-2-6-12-23,24-13-7-3-8-14-24)25-15-9-4-10-16-25/h2-21H,1H3/b28-21+/t30-/m0/s1. The maximum atomic E-state index is 13.0. The van der Waals surface area contributed by atoms with Gasteiger partial charge in [0.2, 0.25) is 0 Å². The summed E-state index contributed by atoms with van der Waals surface area (Å²) in [5, 5.41) is 0. The minimum atomic E-state index is -1.49. The number of benzene rings is 4. The summed E-state index contributed by atoms with van der Waals surface area (Å²) in [7, 11) is -1.49. The molecule has 0 aliphatic heterocycles. The molecule has 0 bridgehead atoms. The van der Waals surface area contributed by atoms with E-state index in [-0.39, 0.29) is 0 Å². The molecule has 3 heteroatoms. The Hall–Kier alpha value is -3.30. The molecular formula is C27H23NOS. The second-order valence-electron chi connectivity index (χ2n) is 7.20. The van der Waals surface area contributed by atoms with Crippen LogP contribution >= 0.6 is 0 Å². The van der Waals surface area contributed by atoms with Gasteiger partial charge in [0.25, 0.3) is 0 Å². The number of rotatable bonds is 6. The average molecular weight is 410 g/mol. The predicted octanol–water partition coefficient (Wildman–Crippen LogP) is 6.12. The third-order valence-electron chi connectivity index (χ3n) is 5.25. The smallest absolute Gasteiger partial charge is 0.172 e. The molecule has 1 atom stereocenters. The molecule has 30 heavy (non-hydrogen) atoms. The van der Waals surface area contributed by atoms with Gasteiger partial charge in [0, 0.05) is 6.21 Å². The van der Waals surface area contributed by atoms with Crippen molar-refractivity contribution in [3.8, 4) is 0 Å². The van der Waals surface area contributed by atoms with Crippen molar-refractivity contribution in [2.24, 2.45) is 4.40 Å². The molecule has 148 valence electrons. The minimum absolute atomic E-state index is 0.649. The summed E-state index contributed by atoms with van der Waals surface area (Å²) in [4.78, 5) is 0.694. The summed E-state index contributed by atoms with van der Waals surface area (Å²) < 4.78 is 17.6. The molecule has 0 aromatic heterocycles. The van der Waals surface area contributed by atoms with Crippen LogP contribution in [-0.4, -0.2) is 10.4 Å². The Kier molecular flexibility index (Phi) is 6.01. The molecule has 0 unspecified atom stereocenters. The third-order valence-corrected chi connectivity index (χ3v) is 6.22. The summed E-state index contributed by atoms with van der Waals surface area (Å²) in [5.41, 5.74) is 3.71. The highest BCUT2D eigenvalue weighted by molar-refractivity contribution is 7.83. The van der Waals surface area contributed by atoms with E-state index in [1.807, 2.05) is 92.0 Å². The van der Waals surface area contributed by atoms with E-state index in [0.717, 1.165) is 22.3 Å². The predicted molar refractivity (Wildman–Crippen MR) is 125 cm³/mol. The number of nitrogens with zero attached hydrogens (tertiary/aromatic N) is 1. The zero-order chi connectivity index (χ0) is 20.8. The number of hydrogen-bond acceptors (Lipinski definition) is 1. The molecule has 0 heterocycles. The topological polar surface area (TPSA) is 29.4 Å². The van der Waals surface area contributed by atoms with Crippen molar-refractivity contribution in [2.45, 2.75) is 17.2 Å². The van der Waals surface area contributed by atoms with E-state index in [4.69, 9.17) is 0 Å². The zero-order valence-electron chi connectivity index (χ0n) is 16.8. The van der Waals surface area contributed by atoms with E-state index in [0.29, 0.717) is 4.90 Å². The van der Waals surface area contributed by atoms with Gasteiger partial charge in [-0.05, 0) is 35.7 Å². The largest absolute Gasteiger partial charge is 0.230 e. The molecule has 2 nitrogen and oxygen atoms in total. The van der Waals surface area contributed by atoms with Gasteiger partial charge in [-0.25, -0.2) is 4.21 Å². The van der Waals surface area contributed by atoms with E-state index in [1.165, 1.54) is 0 Å². The lowest BCUT2D eigenvalue weighted by atomic mass is 9.70. The molecule has 0 saturated carbocycles. The van der Waals surface area contributed by atoms with Crippen molar-refractivity contribution < 1.29 is 4.21 Å². The van der Waals surface area contributed by atoms with Gasteiger partial charge in [0.15, 0.2) is 11.0 Å². The molecule has 4 aromatic rings. The molecule has 0 fully saturated rings. The lowest BCUT2D eigenvalue weighted by molar-refractivity contribution is 0.684. The van der Waals surface area contributed by atoms with Crippen LogP contribution in [0.1, 0.15) is 22.3 Å². The van der Waals surface area contributed by atoms with Crippen molar-refractivity contribution in [3.63, 3.8) is 0 Å². The SMILES string of the molecule is Cc1ccc([S@](=O)/N=C/C(c2ccccc2)(c2ccccc2)c2ccccc2)cc1. The Morgan fingerprint density at radius 2 is 1.03 bits per heavy atom. The molecule has 0 aliphatic carbocycles. The van der Waals surface area contributed by atoms with E-state index in [1.54, 1.807) is 0 Å². The first-order chi connectivity index (χ1) is 14.7. The number of aryl methyl sites for hydroxylation is 1. The highest BCUT2D eigenvalue weighted by atomic mass is 32.2. The fourth-order valence-corrected chi connectivity index (χ4v) is 4.41. The first-order valence-electron chi connectivity index (χ1n) is 9.90. The van der Waals surface area contributed by atoms with Crippen LogP contribution in [-0.2, 0) is 16.4 Å². The van der Waals surface area contributed by atoms with Crippen LogP contribution in [0.25, 0.3) is 0 Å². The maximum Gasteiger partial charge on any atom is 0.172 e. The van der Waals surface area contributed by atoms with Crippen LogP contribution in [0.15, 0.2) is 125 Å². The molecule has 0 amide bonds. The molecule has 0 spiro atoms. The van der Waals surface area contributed by atoms with Crippen LogP contribution in [0, 0.1) is 6.92 Å². The normalized spacial score (nSPS) is 12.7. The van der Waals surface area contributed by atoms with Crippen LogP contribution in [0.5, 0.6) is 0 Å². The Bertz CT molecular complexity index is 1040. The second kappa shape index (κ2) is 9.02. The highest BCUT2D eigenvalue weighted by Gasteiger charge is 2.35. The number of hydrogen-bond donors (Lipinski definition) is 0. The van der Waals surface area contributed by atoms with Crippen molar-refractivity contribution in [1.29, 1.82) is 0 Å². The van der Waals surface area contributed by atoms with Crippen LogP contribution in [0.4, 0.5) is 0 Å². The van der Waals surface area contributed by atoms with Crippen molar-refractivity contribution in [3.05, 3.63) is 138 Å². The second-order valence-corrected chi connectivity index (χ2v) is 8.38. The Morgan fingerprint density at radius 1 is 0.633 bits per heavy atom. The Morgan fingerprint density at radius 3 is 1.43 bits per heavy atom. The van der Waals surface area contributed by atoms with Gasteiger partial charge < -0.3 is 0 Å². The van der Waals surface area contributed by atoms with E-state index < -0.39 is 16.4 Å². The fourth-order valence-electron chi connectivity index (χ4n) is 3.67. The lowest BCUT2D eigenvalue weighted by Gasteiger charge is -2.32. The van der Waals surface area contributed by atoms with Gasteiger partial charge in [-0.1, -0.05) is 109 Å². The first kappa shape index (κ1) is 20.0. The van der Waals surface area contributed by atoms with E-state index in [2.05, 4.69) is 40.8 Å². The van der Waals surface area contributed by atoms with E-state index >= 15 is 0 Å². The van der Waals surface area contributed by atoms with Crippen molar-refractivity contribution in [2.75, 3.05) is 0 Å². The van der Waals surface area contributed by atoms with E-state index in [9.17, 15) is 4.21 Å². The molecule has 0 aliphatic rings. The summed E-state index contributed by atoms with van der Waals surface area (Å²) in [6.45, 7) is 2.02. The Labute approximate surface area is 180 Å². The zero-order valence-corrected chi connectivity index (χ0v) is 17.6. The third kappa shape index (κ3) is 4.03. The lowest BCUT2D eigenvalue weighted by Crippen LogP contribution is -2.31. The molecule has 0 saturated heterocycles. The van der Waals surface area contributed by atoms with Gasteiger partial charge in [-0.15, -0.1) is 0 Å². The summed E-state index contributed by atoms with van der Waals surface area (Å²) in [6.07, 6.45) is 1.85. The fraction of sp³-hybridized carbons (Fsp3) is 0.0741. The molecule has 4 rings (SSSR count). The monoisotopic (exact) mass is 409 g/mol. The van der Waals surface area contributed by atoms with Gasteiger partial charge in [-0.3, -0.25) is 0 Å². The van der Waals surface area contributed by atoms with Crippen LogP contribution < -0.4 is 0 Å². The summed E-state index contributed by atoms with van der Waals surface area (Å²) in [6, 6.07) is 38.4. The summed E-state index contributed by atoms with van der Waals surface area (Å²) in [5.74, 6) is 0. The molecule has 0 radical (unpaired) electrons. The van der Waals surface area contributed by atoms with Crippen molar-refractivity contribution in [1.82, 2.24) is 0 Å². The molecule has 4 aromatic carbocycles. The van der Waals surface area contributed by atoms with Gasteiger partial charge >= 0.3 is 0 Å².